The van der Waals surface area contributed by atoms with E-state index < -0.39 is 0 Å². The molecule has 554 valence electrons. The third-order valence-corrected chi connectivity index (χ3v) is 25.4. The summed E-state index contributed by atoms with van der Waals surface area (Å²) in [4.78, 5) is 10.1. The summed E-state index contributed by atoms with van der Waals surface area (Å²) < 4.78 is 13.6. The Balaban J connectivity index is 0.597. The number of benzene rings is 16. The van der Waals surface area contributed by atoms with Gasteiger partial charge in [0, 0.05) is 101 Å². The minimum absolute atomic E-state index is 0.00359. The van der Waals surface area contributed by atoms with Crippen molar-refractivity contribution < 1.29 is 8.83 Å². The van der Waals surface area contributed by atoms with E-state index >= 15 is 0 Å². The van der Waals surface area contributed by atoms with E-state index in [2.05, 4.69) is 409 Å². The van der Waals surface area contributed by atoms with Gasteiger partial charge in [-0.3, -0.25) is 0 Å². The fourth-order valence-corrected chi connectivity index (χ4v) is 19.8. The van der Waals surface area contributed by atoms with E-state index in [0.29, 0.717) is 0 Å². The average molecular weight is 1490 g/mol. The van der Waals surface area contributed by atoms with E-state index in [0.717, 1.165) is 89.6 Å². The van der Waals surface area contributed by atoms with E-state index in [9.17, 15) is 0 Å². The van der Waals surface area contributed by atoms with E-state index in [4.69, 9.17) is 8.83 Å². The molecule has 0 bridgehead atoms. The number of nitrogens with zero attached hydrogens (tertiary/aromatic N) is 4. The summed E-state index contributed by atoms with van der Waals surface area (Å²) in [7, 11) is 0. The third-order valence-electron chi connectivity index (χ3n) is 25.4. The number of hydrogen-bond acceptors (Lipinski definition) is 6. The van der Waals surface area contributed by atoms with Crippen molar-refractivity contribution in [2.75, 3.05) is 19.6 Å². The van der Waals surface area contributed by atoms with Crippen molar-refractivity contribution in [1.82, 2.24) is 0 Å². The van der Waals surface area contributed by atoms with Crippen LogP contribution in [0.4, 0.5) is 68.2 Å². The van der Waals surface area contributed by atoms with Gasteiger partial charge in [0.25, 0.3) is 13.4 Å². The van der Waals surface area contributed by atoms with Crippen molar-refractivity contribution in [1.29, 1.82) is 0 Å². The zero-order valence-corrected chi connectivity index (χ0v) is 66.7. The minimum atomic E-state index is -0.284. The van der Waals surface area contributed by atoms with Crippen LogP contribution in [-0.4, -0.2) is 13.4 Å². The largest absolute Gasteiger partial charge is 0.455 e. The second kappa shape index (κ2) is 26.3. The molecule has 8 heteroatoms. The second-order valence-electron chi connectivity index (χ2n) is 34.4. The van der Waals surface area contributed by atoms with Crippen LogP contribution in [0.3, 0.4) is 0 Å². The monoisotopic (exact) mass is 1490 g/mol. The molecule has 0 amide bonds. The highest BCUT2D eigenvalue weighted by Gasteiger charge is 2.46. The van der Waals surface area contributed by atoms with Crippen molar-refractivity contribution in [3.63, 3.8) is 0 Å². The van der Waals surface area contributed by atoms with Crippen LogP contribution < -0.4 is 52.4 Å². The molecule has 0 N–H and O–H groups in total. The SMILES string of the molecule is Cc1ccc2c(c1)B1c3ccc(C)cc3N(c3ccc(C(C)(C)C)cc3-c3ccccc3)c3cccc(c31)N2c1ccc(-c2cccc3c2oc2ccc(CC(C)(C)c4ccc(N5c6ccc(C)cc6B6c7ccc(C)cc7N(c7ccc(-c8cccc9c8oc8ccccc89)cc7)c7cccc5c76)c(-c5ccccc5)c4)cc23)cc1. The Morgan fingerprint density at radius 2 is 0.672 bits per heavy atom. The molecule has 18 aromatic rings. The van der Waals surface area contributed by atoms with Gasteiger partial charge in [0.1, 0.15) is 22.3 Å². The van der Waals surface area contributed by atoms with E-state index in [1.54, 1.807) is 0 Å². The molecule has 2 aromatic heterocycles. The Hall–Kier alpha value is -13.6. The van der Waals surface area contributed by atoms with Crippen LogP contribution in [0, 0.1) is 27.7 Å². The van der Waals surface area contributed by atoms with Gasteiger partial charge in [0.2, 0.25) is 0 Å². The van der Waals surface area contributed by atoms with Crippen LogP contribution >= 0.6 is 0 Å². The maximum atomic E-state index is 7.03. The number of aryl methyl sites for hydroxylation is 4. The molecule has 0 saturated heterocycles. The number of furan rings is 2. The van der Waals surface area contributed by atoms with Gasteiger partial charge in [-0.15, -0.1) is 0 Å². The van der Waals surface area contributed by atoms with Crippen molar-refractivity contribution in [3.8, 4) is 44.5 Å². The van der Waals surface area contributed by atoms with Crippen LogP contribution in [0.5, 0.6) is 0 Å². The van der Waals surface area contributed by atoms with E-state index in [1.165, 1.54) is 145 Å². The lowest BCUT2D eigenvalue weighted by molar-refractivity contribution is 0.523. The Morgan fingerprint density at radius 3 is 1.22 bits per heavy atom. The van der Waals surface area contributed by atoms with E-state index in [1.807, 2.05) is 6.07 Å². The first-order valence-electron chi connectivity index (χ1n) is 40.9. The van der Waals surface area contributed by atoms with E-state index in [-0.39, 0.29) is 24.3 Å². The maximum absolute atomic E-state index is 7.03. The van der Waals surface area contributed by atoms with Crippen molar-refractivity contribution in [2.45, 2.75) is 79.6 Å². The topological polar surface area (TPSA) is 39.2 Å². The number of hydrogen-bond donors (Lipinski definition) is 0. The van der Waals surface area contributed by atoms with Gasteiger partial charge < -0.3 is 28.4 Å². The summed E-state index contributed by atoms with van der Waals surface area (Å²) >= 11 is 0. The van der Waals surface area contributed by atoms with Gasteiger partial charge in [-0.05, 0) is 243 Å². The molecule has 0 radical (unpaired) electrons. The van der Waals surface area contributed by atoms with Gasteiger partial charge in [0.15, 0.2) is 0 Å². The van der Waals surface area contributed by atoms with Crippen LogP contribution in [0.15, 0.2) is 342 Å². The first-order chi connectivity index (χ1) is 56.5. The Labute approximate surface area is 679 Å². The molecule has 116 heavy (non-hydrogen) atoms. The van der Waals surface area contributed by atoms with Gasteiger partial charge >= 0.3 is 0 Å². The van der Waals surface area contributed by atoms with Gasteiger partial charge in [0.05, 0.1) is 11.4 Å². The molecule has 0 unspecified atom stereocenters. The van der Waals surface area contributed by atoms with Crippen LogP contribution in [-0.2, 0) is 17.3 Å². The predicted octanol–water partition coefficient (Wildman–Crippen LogP) is 25.4. The lowest BCUT2D eigenvalue weighted by Crippen LogP contribution is -2.61. The number of fused-ring (bicyclic) bond motifs is 14. The zero-order chi connectivity index (χ0) is 78.1. The molecule has 22 rings (SSSR count). The highest BCUT2D eigenvalue weighted by atomic mass is 16.3. The standard InChI is InChI=1S/C108H84B2N4O2/c1-66-38-53-93-89(58-66)110-88-52-37-69(4)61-100(88)114(92-55-45-75(107(5,6)7)63-84(92)71-22-12-10-13-23-71)98-34-20-31-95(103(98)110)111(93)77-47-41-74(42-48-77)80-28-19-30-83-86-62-70(40-57-102(86)116-106(80)83)65-108(8,9)76-46-56-91(85(64-76)72-24-14-11-15-25-72)113-94-54-39-67(2)59-90(94)109-87-51-36-68(3)60-99(87)112(96-32-21-33-97(113)104(96)109)78-49-43-73(44-50-78)79-27-18-29-82-81-26-16-17-35-101(81)115-105(79)82/h10-64H,65H2,1-9H3. The van der Waals surface area contributed by atoms with Gasteiger partial charge in [-0.1, -0.05) is 264 Å². The maximum Gasteiger partial charge on any atom is 0.252 e. The molecule has 0 spiro atoms. The smallest absolute Gasteiger partial charge is 0.252 e. The first kappa shape index (κ1) is 69.2. The van der Waals surface area contributed by atoms with Gasteiger partial charge in [-0.2, -0.15) is 0 Å². The van der Waals surface area contributed by atoms with Crippen LogP contribution in [0.2, 0.25) is 0 Å². The third kappa shape index (κ3) is 10.9. The predicted molar refractivity (Wildman–Crippen MR) is 492 cm³/mol. The summed E-state index contributed by atoms with van der Waals surface area (Å²) in [6.07, 6.45) is 0.809. The molecule has 16 aromatic carbocycles. The summed E-state index contributed by atoms with van der Waals surface area (Å²) in [5.74, 6) is 0. The van der Waals surface area contributed by atoms with Gasteiger partial charge in [-0.25, -0.2) is 0 Å². The molecular formula is C108H84B2N4O2. The Bertz CT molecular complexity index is 7090. The minimum Gasteiger partial charge on any atom is -0.455 e. The van der Waals surface area contributed by atoms with Crippen LogP contribution in [0.1, 0.15) is 73.6 Å². The second-order valence-corrected chi connectivity index (χ2v) is 34.4. The number of anilines is 12. The Kier molecular flexibility index (Phi) is 15.7. The fourth-order valence-electron chi connectivity index (χ4n) is 19.8. The zero-order valence-electron chi connectivity index (χ0n) is 66.7. The lowest BCUT2D eigenvalue weighted by atomic mass is 9.33. The molecule has 6 nitrogen and oxygen atoms in total. The average Bonchev–Trinajstić information content (AvgIpc) is 0.823. The molecule has 0 aliphatic carbocycles. The summed E-state index contributed by atoms with van der Waals surface area (Å²) in [5, 5.41) is 4.49. The summed E-state index contributed by atoms with van der Waals surface area (Å²) in [6.45, 7) is 20.7. The highest BCUT2D eigenvalue weighted by Crippen LogP contribution is 2.52. The number of rotatable bonds is 11. The highest BCUT2D eigenvalue weighted by molar-refractivity contribution is 7.01. The first-order valence-corrected chi connectivity index (χ1v) is 40.9. The summed E-state index contributed by atoms with van der Waals surface area (Å²) in [5.41, 5.74) is 43.0. The van der Waals surface area contributed by atoms with Crippen molar-refractivity contribution in [3.05, 3.63) is 373 Å². The quantitative estimate of drug-likeness (QED) is 0.120. The molecule has 0 fully saturated rings. The molecule has 6 heterocycles. The van der Waals surface area contributed by atoms with Crippen LogP contribution in [0.25, 0.3) is 88.4 Å². The lowest BCUT2D eigenvalue weighted by Gasteiger charge is -2.44. The molecule has 4 aliphatic heterocycles. The molecular weight excluding hydrogens is 1410 g/mol. The van der Waals surface area contributed by atoms with Crippen molar-refractivity contribution in [2.24, 2.45) is 0 Å². The Morgan fingerprint density at radius 1 is 0.267 bits per heavy atom. The van der Waals surface area contributed by atoms with Crippen molar-refractivity contribution >= 4 is 158 Å². The normalized spacial score (nSPS) is 13.3. The molecule has 4 aliphatic rings. The summed E-state index contributed by atoms with van der Waals surface area (Å²) in [6, 6.07) is 125. The molecule has 0 saturated carbocycles. The number of para-hydroxylation sites is 3. The fraction of sp³-hybridized carbons (Fsp3) is 0.111. The molecule has 0 atom stereocenters.